The van der Waals surface area contributed by atoms with Crippen LogP contribution in [0.4, 0.5) is 22.7 Å². The van der Waals surface area contributed by atoms with E-state index in [0.717, 1.165) is 216 Å². The zero-order chi connectivity index (χ0) is 88.2. The number of methoxy groups -OCH3 is 4. The van der Waals surface area contributed by atoms with Crippen LogP contribution in [0.15, 0.2) is 177 Å². The highest BCUT2D eigenvalue weighted by Gasteiger charge is 2.42. The number of unbranched alkanes of at least 4 members (excludes halogenated alkanes) is 8. The Kier molecular flexibility index (Phi) is 31.1. The van der Waals surface area contributed by atoms with E-state index in [1.54, 1.807) is 36.4 Å². The second kappa shape index (κ2) is 40.6. The number of ether oxygens (including phenoxy) is 9. The van der Waals surface area contributed by atoms with Crippen LogP contribution in [0.3, 0.4) is 0 Å². The van der Waals surface area contributed by atoms with E-state index >= 15 is 0 Å². The van der Waals surface area contributed by atoms with E-state index in [1.165, 1.54) is 52.7 Å². The van der Waals surface area contributed by atoms with Gasteiger partial charge in [0.25, 0.3) is 0 Å². The molecule has 0 atom stereocenters. The van der Waals surface area contributed by atoms with Gasteiger partial charge >= 0.3 is 0 Å². The fraction of sp³-hybridized carbons (Fsp3) is 0.341. The number of rotatable bonds is 34. The van der Waals surface area contributed by atoms with Gasteiger partial charge in [-0.3, -0.25) is 0 Å². The van der Waals surface area contributed by atoms with E-state index in [-0.39, 0.29) is 66.3 Å². The molecule has 0 saturated carbocycles. The van der Waals surface area contributed by atoms with Crippen LogP contribution < -0.4 is 97.4 Å². The number of quaternary nitrogens is 4. The molecular weight excluding hydrogens is 1680 g/mol. The molecule has 2 aliphatic rings. The van der Waals surface area contributed by atoms with Gasteiger partial charge in [0.1, 0.15) is 121 Å². The largest absolute Gasteiger partial charge is 0.744 e. The quantitative estimate of drug-likeness (QED) is 0.0165. The lowest BCUT2D eigenvalue weighted by molar-refractivity contribution is -0.255. The zero-order valence-electron chi connectivity index (χ0n) is 70.6. The van der Waals surface area contributed by atoms with Gasteiger partial charge in [-0.2, -0.15) is 0 Å². The SMILES string of the molecule is CCCCCOc1c2cc([NH3+])cc1Cc1cc([NH3+])cc(c1OCCCCC)Cc1cc([NH3+])cc(c1OCCCCC)Cc1cc([NH3+])cc(c1OCCCCC)C2.COc1ccc(S(=O)(=O)[O-])cc1P(c1cc(S(=O)(=O)[O-])ccc1OC)c1cccc2c1Oc1c(P(c3cc(S(=O)(=O)[O-])ccc3OC)c3cc(S(=O)(=O)[O-])ccc3OC)cccc1C2(C)C. The van der Waals surface area contributed by atoms with Gasteiger partial charge < -0.3 is 83.8 Å². The number of hydrogen-bond acceptors (Lipinski definition) is 21. The van der Waals surface area contributed by atoms with Crippen LogP contribution in [-0.4, -0.2) is 107 Å². The number of fused-ring (bicyclic) bond motifs is 10. The molecule has 0 spiro atoms. The highest BCUT2D eigenvalue weighted by Crippen LogP contribution is 2.55. The fourth-order valence-electron chi connectivity index (χ4n) is 15.7. The fourth-order valence-corrected chi connectivity index (χ4v) is 23.4. The predicted octanol–water partition coefficient (Wildman–Crippen LogP) is 11.4. The highest BCUT2D eigenvalue weighted by atomic mass is 32.2. The summed E-state index contributed by atoms with van der Waals surface area (Å²) >= 11 is 0. The summed E-state index contributed by atoms with van der Waals surface area (Å²) in [5.41, 5.74) is 30.8. The van der Waals surface area contributed by atoms with Crippen molar-refractivity contribution < 1.29 is 117 Å². The Labute approximate surface area is 718 Å². The van der Waals surface area contributed by atoms with Crippen molar-refractivity contribution in [2.24, 2.45) is 0 Å². The van der Waals surface area contributed by atoms with Crippen LogP contribution in [0.1, 0.15) is 174 Å². The average molecular weight is 1780 g/mol. The Bertz CT molecular complexity index is 5220. The second-order valence-corrected chi connectivity index (χ2v) is 40.5. The van der Waals surface area contributed by atoms with Crippen molar-refractivity contribution in [3.8, 4) is 57.5 Å². The Balaban J connectivity index is 0.000000241. The monoisotopic (exact) mass is 1780 g/mol. The minimum absolute atomic E-state index is 0.0591. The smallest absolute Gasteiger partial charge is 0.139 e. The normalized spacial score (nSPS) is 13.1. The third-order valence-electron chi connectivity index (χ3n) is 21.5. The van der Waals surface area contributed by atoms with Crippen LogP contribution in [0.25, 0.3) is 0 Å². The van der Waals surface area contributed by atoms with Crippen molar-refractivity contribution in [3.05, 3.63) is 213 Å². The summed E-state index contributed by atoms with van der Waals surface area (Å²) in [6.07, 6.45) is 15.6. The van der Waals surface area contributed by atoms with Crippen LogP contribution in [0.5, 0.6) is 57.5 Å². The lowest BCUT2D eigenvalue weighted by Gasteiger charge is -2.39. The molecule has 10 aromatic rings. The first-order valence-electron chi connectivity index (χ1n) is 40.6. The summed E-state index contributed by atoms with van der Waals surface area (Å²) < 4.78 is 208. The molecule has 31 heteroatoms. The molecule has 1 heterocycles. The molecular formula is C91H108N4O21P2S4. The van der Waals surface area contributed by atoms with Gasteiger partial charge in [-0.1, -0.05) is 129 Å². The lowest BCUT2D eigenvalue weighted by Crippen LogP contribution is -2.40. The Morgan fingerprint density at radius 2 is 0.549 bits per heavy atom. The number of para-hydroxylation sites is 2. The molecule has 1 aliphatic heterocycles. The van der Waals surface area contributed by atoms with Crippen molar-refractivity contribution in [3.63, 3.8) is 0 Å². The molecule has 25 nitrogen and oxygen atoms in total. The number of benzene rings is 10. The van der Waals surface area contributed by atoms with Gasteiger partial charge in [0.2, 0.25) is 0 Å². The first-order chi connectivity index (χ1) is 58.1. The molecule has 652 valence electrons. The van der Waals surface area contributed by atoms with Crippen molar-refractivity contribution >= 4 is 111 Å². The standard InChI is InChI=1S/C48H68N4O4.C43H40O17P2S4/c1-5-9-13-17-53-45-33-21-35-27-42(50)29-37(46(35)54-18-14-10-6-2)23-39-31-44(52)32-40(48(39)56-20-16-12-8-4)24-38-30-43(51)28-36(22-34(45)26-41(49)25-33)47(38)55-19-15-11-7-3;1-43(2)29-9-7-11-35(61(37-21-25(63(44,45)46)13-17-31(37)56-3)38-22-26(64(47,48)49)14-18-32(38)57-4)41(29)60-42-30(43)10-8-12-36(42)62(39-23-27(65(50,51)52)15-19-33(39)58-5)40-24-28(66(53,54)55)16-20-34(40)59-6/h25-32H,5-24,49-52H2,1-4H3;7-24H,1-6H3,(H,44,45,46)(H,47,48,49)(H,50,51,52)(H,53,54,55). The maximum atomic E-state index is 12.5. The van der Waals surface area contributed by atoms with Crippen molar-refractivity contribution in [1.82, 2.24) is 0 Å². The van der Waals surface area contributed by atoms with E-state index in [1.807, 2.05) is 13.8 Å². The molecule has 0 unspecified atom stereocenters. The van der Waals surface area contributed by atoms with Crippen LogP contribution >= 0.6 is 15.8 Å². The Morgan fingerprint density at radius 3 is 0.746 bits per heavy atom. The molecule has 12 rings (SSSR count). The van der Waals surface area contributed by atoms with E-state index < -0.39 is 81.3 Å². The zero-order valence-corrected chi connectivity index (χ0v) is 75.6. The summed E-state index contributed by atoms with van der Waals surface area (Å²) in [7, 11) is -20.0. The maximum absolute atomic E-state index is 12.5. The molecule has 1 aliphatic carbocycles. The van der Waals surface area contributed by atoms with Crippen LogP contribution in [0.2, 0.25) is 0 Å². The maximum Gasteiger partial charge on any atom is 0.139 e. The first-order valence-corrected chi connectivity index (χ1v) is 48.9. The molecule has 0 fully saturated rings. The Morgan fingerprint density at radius 1 is 0.328 bits per heavy atom. The minimum Gasteiger partial charge on any atom is -0.744 e. The van der Waals surface area contributed by atoms with Gasteiger partial charge in [0.15, 0.2) is 0 Å². The topological polar surface area (TPSA) is 422 Å². The summed E-state index contributed by atoms with van der Waals surface area (Å²) in [4.78, 5) is -2.63. The molecule has 0 aromatic heterocycles. The van der Waals surface area contributed by atoms with E-state index in [4.69, 9.17) is 42.6 Å². The minimum atomic E-state index is -5.11. The van der Waals surface area contributed by atoms with Gasteiger partial charge in [-0.15, -0.1) is 0 Å². The van der Waals surface area contributed by atoms with Gasteiger partial charge in [0, 0.05) is 167 Å². The highest BCUT2D eigenvalue weighted by molar-refractivity contribution is 7.87. The second-order valence-electron chi connectivity index (χ2n) is 30.8. The first kappa shape index (κ1) is 93.4. The molecule has 10 aromatic carbocycles. The van der Waals surface area contributed by atoms with Crippen molar-refractivity contribution in [2.75, 3.05) is 54.9 Å². The molecule has 12 N–H and O–H groups in total. The van der Waals surface area contributed by atoms with Gasteiger partial charge in [0.05, 0.1) is 74.4 Å². The van der Waals surface area contributed by atoms with Crippen molar-refractivity contribution in [1.29, 1.82) is 0 Å². The van der Waals surface area contributed by atoms with Gasteiger partial charge in [-0.25, -0.2) is 33.7 Å². The third-order valence-corrected chi connectivity index (χ3v) is 29.8. The molecule has 122 heavy (non-hydrogen) atoms. The molecule has 0 radical (unpaired) electrons. The third kappa shape index (κ3) is 21.9. The van der Waals surface area contributed by atoms with E-state index in [9.17, 15) is 51.9 Å². The van der Waals surface area contributed by atoms with Crippen molar-refractivity contribution in [2.45, 2.75) is 169 Å². The summed E-state index contributed by atoms with van der Waals surface area (Å²) in [5, 5.41) is 0.819. The molecule has 0 amide bonds. The summed E-state index contributed by atoms with van der Waals surface area (Å²) in [6.45, 7) is 15.3. The summed E-state index contributed by atoms with van der Waals surface area (Å²) in [6, 6.07) is 41.2. The number of hydrogen-bond donors (Lipinski definition) is 4. The summed E-state index contributed by atoms with van der Waals surface area (Å²) in [5.74, 6) is 4.26. The van der Waals surface area contributed by atoms with Crippen LogP contribution in [-0.2, 0) is 71.6 Å². The molecule has 8 bridgehead atoms. The van der Waals surface area contributed by atoms with E-state index in [0.29, 0.717) is 63.2 Å². The van der Waals surface area contributed by atoms with Gasteiger partial charge in [-0.05, 0) is 114 Å². The average Bonchev–Trinajstić information content (AvgIpc) is 0.716. The predicted molar refractivity (Wildman–Crippen MR) is 468 cm³/mol. The molecule has 0 saturated heterocycles. The van der Waals surface area contributed by atoms with Crippen LogP contribution in [0, 0.1) is 0 Å². The lowest BCUT2D eigenvalue weighted by atomic mass is 9.76. The Hall–Kier alpha value is -9.26. The van der Waals surface area contributed by atoms with E-state index in [2.05, 4.69) is 99.2 Å².